The first-order valence-corrected chi connectivity index (χ1v) is 8.10. The average Bonchev–Trinajstić information content (AvgIpc) is 2.45. The zero-order chi connectivity index (χ0) is 13.8. The van der Waals surface area contributed by atoms with Crippen LogP contribution in [0.1, 0.15) is 0 Å². The first-order valence-electron chi connectivity index (χ1n) is 6.04. The number of rotatable bonds is 4. The van der Waals surface area contributed by atoms with Crippen molar-refractivity contribution in [3.63, 3.8) is 0 Å². The van der Waals surface area contributed by atoms with Gasteiger partial charge in [0.25, 0.3) is 0 Å². The van der Waals surface area contributed by atoms with Gasteiger partial charge in [-0.3, -0.25) is 0 Å². The third-order valence-electron chi connectivity index (χ3n) is 3.06. The normalized spacial score (nSPS) is 35.3. The first kappa shape index (κ1) is 14.9. The number of methoxy groups -OCH3 is 1. The maximum absolute atomic E-state index is 9.92. The molecule has 5 atom stereocenters. The van der Waals surface area contributed by atoms with Crippen LogP contribution in [0.3, 0.4) is 0 Å². The van der Waals surface area contributed by atoms with E-state index in [1.54, 1.807) is 0 Å². The number of aliphatic hydroxyl groups is 3. The molecule has 3 N–H and O–H groups in total. The van der Waals surface area contributed by atoms with E-state index in [4.69, 9.17) is 9.47 Å². The van der Waals surface area contributed by atoms with Crippen LogP contribution in [0.5, 0.6) is 0 Å². The minimum atomic E-state index is -1.24. The molecule has 5 nitrogen and oxygen atoms in total. The fourth-order valence-electron chi connectivity index (χ4n) is 1.94. The Morgan fingerprint density at radius 3 is 2.42 bits per heavy atom. The van der Waals surface area contributed by atoms with Crippen molar-refractivity contribution in [2.24, 2.45) is 0 Å². The van der Waals surface area contributed by atoms with Gasteiger partial charge in [0.05, 0.1) is 0 Å². The third-order valence-corrected chi connectivity index (χ3v) is 5.37. The Bertz CT molecular complexity index is 386. The molecule has 0 aromatic heterocycles. The Morgan fingerprint density at radius 1 is 1.11 bits per heavy atom. The summed E-state index contributed by atoms with van der Waals surface area (Å²) in [6, 6.07) is 9.92. The zero-order valence-electron chi connectivity index (χ0n) is 10.5. The Labute approximate surface area is 118 Å². The summed E-state index contributed by atoms with van der Waals surface area (Å²) in [5, 5.41) is 29.9. The summed E-state index contributed by atoms with van der Waals surface area (Å²) in [7, 11) is 1.40. The molecular formula is C13H18O5Se. The van der Waals surface area contributed by atoms with Crippen LogP contribution in [0.15, 0.2) is 30.3 Å². The van der Waals surface area contributed by atoms with Crippen molar-refractivity contribution in [2.75, 3.05) is 7.11 Å². The van der Waals surface area contributed by atoms with Crippen LogP contribution >= 0.6 is 0 Å². The number of aliphatic hydroxyl groups excluding tert-OH is 3. The molecule has 2 rings (SSSR count). The third kappa shape index (κ3) is 3.55. The van der Waals surface area contributed by atoms with Crippen LogP contribution in [-0.2, 0) is 9.47 Å². The summed E-state index contributed by atoms with van der Waals surface area (Å²) in [6.45, 7) is 0. The van der Waals surface area contributed by atoms with E-state index in [1.165, 1.54) is 11.6 Å². The van der Waals surface area contributed by atoms with E-state index in [-0.39, 0.29) is 15.0 Å². The molecule has 0 spiro atoms. The second-order valence-corrected chi connectivity index (χ2v) is 6.67. The predicted octanol–water partition coefficient (Wildman–Crippen LogP) is -1.11. The minimum absolute atomic E-state index is 0.132. The van der Waals surface area contributed by atoms with E-state index in [1.807, 2.05) is 30.3 Å². The number of ether oxygens (including phenoxy) is 2. The summed E-state index contributed by atoms with van der Waals surface area (Å²) >= 11 is 0.132. The summed E-state index contributed by atoms with van der Waals surface area (Å²) in [4.78, 5) is 0. The van der Waals surface area contributed by atoms with Crippen molar-refractivity contribution >= 4 is 19.4 Å². The van der Waals surface area contributed by atoms with Crippen molar-refractivity contribution in [3.05, 3.63) is 30.3 Å². The molecule has 19 heavy (non-hydrogen) atoms. The van der Waals surface area contributed by atoms with Crippen molar-refractivity contribution in [2.45, 2.75) is 36.0 Å². The Morgan fingerprint density at radius 2 is 1.79 bits per heavy atom. The van der Waals surface area contributed by atoms with Gasteiger partial charge < -0.3 is 0 Å². The molecule has 6 heteroatoms. The van der Waals surface area contributed by atoms with Crippen LogP contribution in [-0.4, -0.2) is 68.1 Å². The number of hydrogen-bond donors (Lipinski definition) is 3. The number of benzene rings is 1. The van der Waals surface area contributed by atoms with Crippen LogP contribution in [0.25, 0.3) is 0 Å². The van der Waals surface area contributed by atoms with Gasteiger partial charge in [-0.2, -0.15) is 0 Å². The molecule has 1 aliphatic rings. The Balaban J connectivity index is 1.95. The molecule has 1 aromatic rings. The van der Waals surface area contributed by atoms with E-state index in [9.17, 15) is 15.3 Å². The fraction of sp³-hybridized carbons (Fsp3) is 0.538. The van der Waals surface area contributed by atoms with Gasteiger partial charge in [0.2, 0.25) is 0 Å². The van der Waals surface area contributed by atoms with E-state index in [2.05, 4.69) is 0 Å². The second kappa shape index (κ2) is 6.81. The molecule has 0 saturated carbocycles. The van der Waals surface area contributed by atoms with E-state index < -0.39 is 30.7 Å². The first-order chi connectivity index (χ1) is 9.13. The van der Waals surface area contributed by atoms with Crippen molar-refractivity contribution in [3.8, 4) is 0 Å². The van der Waals surface area contributed by atoms with E-state index >= 15 is 0 Å². The molecule has 0 amide bonds. The van der Waals surface area contributed by atoms with Gasteiger partial charge in [0.1, 0.15) is 0 Å². The molecule has 1 heterocycles. The van der Waals surface area contributed by atoms with Gasteiger partial charge in [-0.1, -0.05) is 0 Å². The van der Waals surface area contributed by atoms with E-state index in [0.717, 1.165) is 0 Å². The van der Waals surface area contributed by atoms with Gasteiger partial charge in [0, 0.05) is 0 Å². The summed E-state index contributed by atoms with van der Waals surface area (Å²) < 4.78 is 11.6. The number of hydrogen-bond acceptors (Lipinski definition) is 5. The molecule has 1 fully saturated rings. The summed E-state index contributed by atoms with van der Waals surface area (Å²) in [5.74, 6) is 0. The maximum atomic E-state index is 9.92. The molecule has 0 bridgehead atoms. The predicted molar refractivity (Wildman–Crippen MR) is 70.3 cm³/mol. The average molecular weight is 333 g/mol. The monoisotopic (exact) mass is 334 g/mol. The molecule has 1 aliphatic heterocycles. The fourth-order valence-corrected chi connectivity index (χ4v) is 4.00. The van der Waals surface area contributed by atoms with Crippen LogP contribution in [0.2, 0.25) is 5.32 Å². The van der Waals surface area contributed by atoms with Crippen LogP contribution < -0.4 is 4.46 Å². The van der Waals surface area contributed by atoms with Gasteiger partial charge in [-0.05, 0) is 0 Å². The molecule has 0 radical (unpaired) electrons. The molecule has 0 unspecified atom stereocenters. The Hall–Kier alpha value is -0.461. The van der Waals surface area contributed by atoms with Crippen LogP contribution in [0.4, 0.5) is 0 Å². The van der Waals surface area contributed by atoms with Gasteiger partial charge in [0.15, 0.2) is 0 Å². The molecular weight excluding hydrogens is 315 g/mol. The zero-order valence-corrected chi connectivity index (χ0v) is 12.3. The molecule has 0 aliphatic carbocycles. The molecule has 1 aromatic carbocycles. The van der Waals surface area contributed by atoms with E-state index in [0.29, 0.717) is 5.32 Å². The summed E-state index contributed by atoms with van der Waals surface area (Å²) in [5.41, 5.74) is 0. The SMILES string of the molecule is CO[C@H]1O[C@H](C[Se]c2ccccc2)[C@@H](O)[C@H](O)[C@H]1O. The Kier molecular flexibility index (Phi) is 5.36. The van der Waals surface area contributed by atoms with Crippen molar-refractivity contribution in [1.82, 2.24) is 0 Å². The molecule has 106 valence electrons. The van der Waals surface area contributed by atoms with Gasteiger partial charge in [-0.25, -0.2) is 0 Å². The standard InChI is InChI=1S/C13H18O5Se/c1-17-13-12(16)11(15)10(14)9(18-13)7-19-8-5-3-2-4-6-8/h2-6,9-16H,7H2,1H3/t9-,10-,11+,12-,13+/m1/s1. The second-order valence-electron chi connectivity index (χ2n) is 4.37. The van der Waals surface area contributed by atoms with Crippen molar-refractivity contribution < 1.29 is 24.8 Å². The quantitative estimate of drug-likeness (QED) is 0.609. The molecule has 1 saturated heterocycles. The van der Waals surface area contributed by atoms with Gasteiger partial charge in [-0.15, -0.1) is 0 Å². The van der Waals surface area contributed by atoms with Gasteiger partial charge >= 0.3 is 118 Å². The van der Waals surface area contributed by atoms with Crippen molar-refractivity contribution in [1.29, 1.82) is 0 Å². The topological polar surface area (TPSA) is 79.2 Å². The summed E-state index contributed by atoms with van der Waals surface area (Å²) in [6.07, 6.45) is -4.97. The van der Waals surface area contributed by atoms with Crippen LogP contribution in [0, 0.1) is 0 Å².